The number of rotatable bonds is 4. The molecule has 0 saturated carbocycles. The minimum atomic E-state index is -3.23. The summed E-state index contributed by atoms with van der Waals surface area (Å²) >= 11 is 6.05. The van der Waals surface area contributed by atoms with Gasteiger partial charge >= 0.3 is 0 Å². The van der Waals surface area contributed by atoms with Crippen LogP contribution in [0.2, 0.25) is 5.02 Å². The standard InChI is InChI=1S/C14H21ClN4O2S/c1-10(2)22(20,21)19-5-3-18(4-6-19)14-8-11(15)7-13(17)12(14)9-16/h7-10,16H,3-6,17H2,1-2H3. The maximum Gasteiger partial charge on any atom is 0.216 e. The average Bonchev–Trinajstić information content (AvgIpc) is 2.46. The Morgan fingerprint density at radius 3 is 2.36 bits per heavy atom. The number of halogens is 1. The molecular formula is C14H21ClN4O2S. The molecule has 0 aliphatic carbocycles. The van der Waals surface area contributed by atoms with Crippen molar-refractivity contribution in [2.24, 2.45) is 0 Å². The molecule has 8 heteroatoms. The Hall–Kier alpha value is -1.31. The number of piperazine rings is 1. The molecule has 2 rings (SSSR count). The van der Waals surface area contributed by atoms with Gasteiger partial charge in [0, 0.05) is 54.4 Å². The summed E-state index contributed by atoms with van der Waals surface area (Å²) in [7, 11) is -3.23. The van der Waals surface area contributed by atoms with Gasteiger partial charge in [-0.25, -0.2) is 8.42 Å². The van der Waals surface area contributed by atoms with E-state index in [0.717, 1.165) is 5.69 Å². The number of hydrogen-bond donors (Lipinski definition) is 2. The minimum absolute atomic E-state index is 0.419. The summed E-state index contributed by atoms with van der Waals surface area (Å²) in [6, 6.07) is 3.38. The fraction of sp³-hybridized carbons (Fsp3) is 0.500. The third kappa shape index (κ3) is 3.21. The number of anilines is 2. The quantitative estimate of drug-likeness (QED) is 0.643. The molecule has 0 radical (unpaired) electrons. The highest BCUT2D eigenvalue weighted by molar-refractivity contribution is 7.89. The van der Waals surface area contributed by atoms with Crippen molar-refractivity contribution in [1.82, 2.24) is 4.31 Å². The summed E-state index contributed by atoms with van der Waals surface area (Å²) < 4.78 is 25.9. The summed E-state index contributed by atoms with van der Waals surface area (Å²) in [6.45, 7) is 5.31. The van der Waals surface area contributed by atoms with Crippen molar-refractivity contribution in [3.63, 3.8) is 0 Å². The van der Waals surface area contributed by atoms with Crippen LogP contribution in [0.15, 0.2) is 12.1 Å². The summed E-state index contributed by atoms with van der Waals surface area (Å²) in [4.78, 5) is 2.02. The zero-order valence-electron chi connectivity index (χ0n) is 12.7. The molecule has 1 aromatic rings. The van der Waals surface area contributed by atoms with Crippen LogP contribution in [0.3, 0.4) is 0 Å². The third-order valence-electron chi connectivity index (χ3n) is 3.83. The van der Waals surface area contributed by atoms with Gasteiger partial charge in [-0.1, -0.05) is 11.6 Å². The fourth-order valence-corrected chi connectivity index (χ4v) is 4.01. The summed E-state index contributed by atoms with van der Waals surface area (Å²) in [5, 5.41) is 7.62. The molecule has 0 atom stereocenters. The van der Waals surface area contributed by atoms with Gasteiger partial charge in [0.15, 0.2) is 0 Å². The second kappa shape index (κ2) is 6.44. The number of nitrogen functional groups attached to an aromatic ring is 1. The number of benzene rings is 1. The Bertz CT molecular complexity index is 668. The monoisotopic (exact) mass is 344 g/mol. The first-order valence-corrected chi connectivity index (χ1v) is 8.99. The highest BCUT2D eigenvalue weighted by Gasteiger charge is 2.30. The molecule has 0 unspecified atom stereocenters. The predicted molar refractivity (Wildman–Crippen MR) is 91.6 cm³/mol. The van der Waals surface area contributed by atoms with Gasteiger partial charge in [0.1, 0.15) is 0 Å². The van der Waals surface area contributed by atoms with Crippen molar-refractivity contribution in [2.45, 2.75) is 19.1 Å². The smallest absolute Gasteiger partial charge is 0.216 e. The van der Waals surface area contributed by atoms with Crippen molar-refractivity contribution in [2.75, 3.05) is 36.8 Å². The lowest BCUT2D eigenvalue weighted by Gasteiger charge is -2.37. The van der Waals surface area contributed by atoms with Gasteiger partial charge in [-0.15, -0.1) is 0 Å². The maximum absolute atomic E-state index is 12.2. The van der Waals surface area contributed by atoms with E-state index in [0.29, 0.717) is 42.5 Å². The number of nitrogens with zero attached hydrogens (tertiary/aromatic N) is 2. The molecule has 1 aliphatic rings. The van der Waals surface area contributed by atoms with E-state index in [2.05, 4.69) is 0 Å². The lowest BCUT2D eigenvalue weighted by Crippen LogP contribution is -2.50. The van der Waals surface area contributed by atoms with E-state index in [-0.39, 0.29) is 0 Å². The van der Waals surface area contributed by atoms with Gasteiger partial charge in [0.2, 0.25) is 10.0 Å². The Labute approximate surface area is 136 Å². The third-order valence-corrected chi connectivity index (χ3v) is 6.33. The highest BCUT2D eigenvalue weighted by atomic mass is 35.5. The largest absolute Gasteiger partial charge is 0.398 e. The Morgan fingerprint density at radius 2 is 1.86 bits per heavy atom. The van der Waals surface area contributed by atoms with Crippen LogP contribution >= 0.6 is 11.6 Å². The average molecular weight is 345 g/mol. The number of hydrogen-bond acceptors (Lipinski definition) is 5. The zero-order valence-corrected chi connectivity index (χ0v) is 14.3. The molecule has 6 nitrogen and oxygen atoms in total. The molecule has 3 N–H and O–H groups in total. The highest BCUT2D eigenvalue weighted by Crippen LogP contribution is 2.30. The van der Waals surface area contributed by atoms with E-state index in [4.69, 9.17) is 22.7 Å². The van der Waals surface area contributed by atoms with Crippen LogP contribution in [0.1, 0.15) is 19.4 Å². The van der Waals surface area contributed by atoms with E-state index in [1.54, 1.807) is 26.0 Å². The molecule has 122 valence electrons. The number of nitrogens with two attached hydrogens (primary N) is 1. The second-order valence-corrected chi connectivity index (χ2v) is 8.48. The van der Waals surface area contributed by atoms with Gasteiger partial charge in [0.05, 0.1) is 5.25 Å². The van der Waals surface area contributed by atoms with Crippen molar-refractivity contribution < 1.29 is 8.42 Å². The first kappa shape index (κ1) is 17.1. The first-order chi connectivity index (χ1) is 10.3. The van der Waals surface area contributed by atoms with Crippen LogP contribution in [-0.4, -0.2) is 50.4 Å². The molecule has 0 aromatic heterocycles. The van der Waals surface area contributed by atoms with E-state index in [1.165, 1.54) is 10.5 Å². The molecule has 1 aromatic carbocycles. The van der Waals surface area contributed by atoms with E-state index in [1.807, 2.05) is 4.90 Å². The van der Waals surface area contributed by atoms with Crippen LogP contribution in [0.4, 0.5) is 11.4 Å². The molecule has 1 heterocycles. The van der Waals surface area contributed by atoms with Crippen LogP contribution in [-0.2, 0) is 10.0 Å². The molecule has 1 saturated heterocycles. The van der Waals surface area contributed by atoms with Crippen molar-refractivity contribution in [3.05, 3.63) is 22.7 Å². The summed E-state index contributed by atoms with van der Waals surface area (Å²) in [5.41, 5.74) is 7.76. The minimum Gasteiger partial charge on any atom is -0.398 e. The van der Waals surface area contributed by atoms with Crippen LogP contribution in [0.25, 0.3) is 0 Å². The van der Waals surface area contributed by atoms with Crippen LogP contribution in [0, 0.1) is 5.41 Å². The lowest BCUT2D eigenvalue weighted by atomic mass is 10.1. The zero-order chi connectivity index (χ0) is 16.5. The molecule has 1 aliphatic heterocycles. The topological polar surface area (TPSA) is 90.5 Å². The number of sulfonamides is 1. The predicted octanol–water partition coefficient (Wildman–Crippen LogP) is 1.78. The van der Waals surface area contributed by atoms with Gasteiger partial charge in [-0.05, 0) is 26.0 Å². The summed E-state index contributed by atoms with van der Waals surface area (Å²) in [6.07, 6.45) is 1.21. The molecule has 22 heavy (non-hydrogen) atoms. The van der Waals surface area contributed by atoms with E-state index < -0.39 is 15.3 Å². The van der Waals surface area contributed by atoms with Crippen molar-refractivity contribution >= 4 is 39.2 Å². The molecule has 0 spiro atoms. The van der Waals surface area contributed by atoms with Gasteiger partial charge in [0.25, 0.3) is 0 Å². The van der Waals surface area contributed by atoms with E-state index >= 15 is 0 Å². The molecular weight excluding hydrogens is 324 g/mol. The number of nitrogens with one attached hydrogen (secondary N) is 1. The second-order valence-electron chi connectivity index (χ2n) is 5.55. The lowest BCUT2D eigenvalue weighted by molar-refractivity contribution is 0.381. The Kier molecular flexibility index (Phi) is 4.99. The molecule has 0 bridgehead atoms. The molecule has 1 fully saturated rings. The fourth-order valence-electron chi connectivity index (χ4n) is 2.52. The maximum atomic E-state index is 12.2. The Balaban J connectivity index is 2.21. The Morgan fingerprint density at radius 1 is 1.27 bits per heavy atom. The molecule has 0 amide bonds. The van der Waals surface area contributed by atoms with Crippen molar-refractivity contribution in [1.29, 1.82) is 5.41 Å². The first-order valence-electron chi connectivity index (χ1n) is 7.10. The SMILES string of the molecule is CC(C)S(=O)(=O)N1CCN(c2cc(Cl)cc(N)c2C=N)CC1. The summed E-state index contributed by atoms with van der Waals surface area (Å²) in [5.74, 6) is 0. The van der Waals surface area contributed by atoms with Gasteiger partial charge in [-0.3, -0.25) is 0 Å². The van der Waals surface area contributed by atoms with E-state index in [9.17, 15) is 8.42 Å². The van der Waals surface area contributed by atoms with Gasteiger partial charge in [-0.2, -0.15) is 4.31 Å². The van der Waals surface area contributed by atoms with Crippen LogP contribution < -0.4 is 10.6 Å². The van der Waals surface area contributed by atoms with Crippen molar-refractivity contribution in [3.8, 4) is 0 Å². The van der Waals surface area contributed by atoms with Gasteiger partial charge < -0.3 is 16.0 Å². The van der Waals surface area contributed by atoms with Crippen LogP contribution in [0.5, 0.6) is 0 Å². The normalized spacial score (nSPS) is 17.0.